The summed E-state index contributed by atoms with van der Waals surface area (Å²) in [6.45, 7) is 6.55. The predicted molar refractivity (Wildman–Crippen MR) is 126 cm³/mol. The molecule has 7 nitrogen and oxygen atoms in total. The number of halogens is 1. The van der Waals surface area contributed by atoms with Crippen molar-refractivity contribution in [2.45, 2.75) is 39.4 Å². The zero-order valence-electron chi connectivity index (χ0n) is 19.8. The van der Waals surface area contributed by atoms with Gasteiger partial charge in [-0.15, -0.1) is 0 Å². The van der Waals surface area contributed by atoms with Crippen molar-refractivity contribution in [2.75, 3.05) is 32.8 Å². The second-order valence-corrected chi connectivity index (χ2v) is 9.52. The van der Waals surface area contributed by atoms with Gasteiger partial charge in [0, 0.05) is 34.4 Å². The lowest BCUT2D eigenvalue weighted by Gasteiger charge is -2.31. The van der Waals surface area contributed by atoms with Gasteiger partial charge in [-0.25, -0.2) is 0 Å². The van der Waals surface area contributed by atoms with Gasteiger partial charge in [-0.05, 0) is 35.7 Å². The lowest BCUT2D eigenvalue weighted by Crippen LogP contribution is -2.44. The maximum Gasteiger partial charge on any atom is 0.308 e. The number of benzene rings is 2. The first-order valence-electron chi connectivity index (χ1n) is 10.6. The highest BCUT2D eigenvalue weighted by Gasteiger charge is 2.40. The van der Waals surface area contributed by atoms with Gasteiger partial charge >= 0.3 is 5.97 Å². The quantitative estimate of drug-likeness (QED) is 0.559. The van der Waals surface area contributed by atoms with Crippen LogP contribution in [0.1, 0.15) is 44.4 Å². The van der Waals surface area contributed by atoms with E-state index in [1.54, 1.807) is 43.4 Å². The lowest BCUT2D eigenvalue weighted by atomic mass is 9.94. The van der Waals surface area contributed by atoms with Crippen LogP contribution in [0.3, 0.4) is 0 Å². The highest BCUT2D eigenvalue weighted by Crippen LogP contribution is 2.44. The fraction of sp³-hybridized carbons (Fsp3) is 0.440. The molecule has 0 aliphatic carbocycles. The van der Waals surface area contributed by atoms with Crippen LogP contribution in [0.25, 0.3) is 0 Å². The summed E-state index contributed by atoms with van der Waals surface area (Å²) in [5.41, 5.74) is 1.85. The first-order valence-corrected chi connectivity index (χ1v) is 11.0. The monoisotopic (exact) mass is 475 g/mol. The Balaban J connectivity index is 2.23. The molecule has 2 aromatic rings. The van der Waals surface area contributed by atoms with Crippen LogP contribution < -0.4 is 14.4 Å². The Kier molecular flexibility index (Phi) is 7.55. The van der Waals surface area contributed by atoms with E-state index in [0.29, 0.717) is 39.9 Å². The summed E-state index contributed by atoms with van der Waals surface area (Å²) in [6, 6.07) is 10.7. The highest BCUT2D eigenvalue weighted by molar-refractivity contribution is 6.30. The number of rotatable bonds is 6. The van der Waals surface area contributed by atoms with Crippen molar-refractivity contribution in [3.8, 4) is 11.5 Å². The molecule has 0 bridgehead atoms. The summed E-state index contributed by atoms with van der Waals surface area (Å²) in [4.78, 5) is 27.5. The van der Waals surface area contributed by atoms with Gasteiger partial charge in [0.15, 0.2) is 0 Å². The van der Waals surface area contributed by atoms with Gasteiger partial charge in [-0.3, -0.25) is 9.59 Å². The van der Waals surface area contributed by atoms with Crippen LogP contribution in [0.5, 0.6) is 11.5 Å². The Hall–Kier alpha value is -2.77. The fourth-order valence-corrected chi connectivity index (χ4v) is 4.03. The van der Waals surface area contributed by atoms with Crippen LogP contribution in [-0.4, -0.2) is 45.9 Å². The summed E-state index contributed by atoms with van der Waals surface area (Å²) in [6.07, 6.45) is -1.99. The average Bonchev–Trinajstić information content (AvgIpc) is 2.87. The first-order chi connectivity index (χ1) is 15.6. The van der Waals surface area contributed by atoms with Crippen LogP contribution in [-0.2, 0) is 19.1 Å². The number of hydrogen-bond acceptors (Lipinski definition) is 6. The SMILES string of the molecule is COC(=O)C[C@@H]1O[C@@H](c2ccc(OC)cc2OC)c2cc(Cl)ccc2N(CC(C)(C)C)C1=O. The standard InChI is InChI=1S/C25H30ClNO6/c1-25(2,3)14-27-19-10-7-15(26)11-18(19)23(33-21(24(27)29)13-22(28)32-6)17-9-8-16(30-4)12-20(17)31-5/h7-12,21,23H,13-14H2,1-6H3/t21-,23-/m0/s1. The van der Waals surface area contributed by atoms with E-state index in [1.807, 2.05) is 32.9 Å². The van der Waals surface area contributed by atoms with Gasteiger partial charge in [0.1, 0.15) is 23.7 Å². The summed E-state index contributed by atoms with van der Waals surface area (Å²) in [5.74, 6) is 0.299. The molecule has 2 atom stereocenters. The van der Waals surface area contributed by atoms with E-state index in [1.165, 1.54) is 7.11 Å². The summed E-state index contributed by atoms with van der Waals surface area (Å²) < 4.78 is 22.1. The minimum Gasteiger partial charge on any atom is -0.497 e. The molecule has 0 radical (unpaired) electrons. The molecule has 1 aliphatic rings. The Bertz CT molecular complexity index is 1030. The number of methoxy groups -OCH3 is 3. The van der Waals surface area contributed by atoms with Crippen molar-refractivity contribution in [1.29, 1.82) is 0 Å². The minimum absolute atomic E-state index is 0.208. The van der Waals surface area contributed by atoms with Crippen molar-refractivity contribution in [1.82, 2.24) is 0 Å². The van der Waals surface area contributed by atoms with Gasteiger partial charge in [0.2, 0.25) is 0 Å². The predicted octanol–water partition coefficient (Wildman–Crippen LogP) is 4.79. The van der Waals surface area contributed by atoms with Crippen molar-refractivity contribution < 1.29 is 28.5 Å². The minimum atomic E-state index is -1.05. The molecule has 0 spiro atoms. The van der Waals surface area contributed by atoms with Crippen molar-refractivity contribution in [2.24, 2.45) is 5.41 Å². The second-order valence-electron chi connectivity index (χ2n) is 9.08. The molecule has 0 unspecified atom stereocenters. The van der Waals surface area contributed by atoms with Crippen LogP contribution >= 0.6 is 11.6 Å². The number of carbonyl (C=O) groups excluding carboxylic acids is 2. The molecule has 0 saturated heterocycles. The molecule has 1 heterocycles. The van der Waals surface area contributed by atoms with Crippen molar-refractivity contribution in [3.63, 3.8) is 0 Å². The van der Waals surface area contributed by atoms with Crippen molar-refractivity contribution >= 4 is 29.2 Å². The number of hydrogen-bond donors (Lipinski definition) is 0. The third-order valence-electron chi connectivity index (χ3n) is 5.34. The van der Waals surface area contributed by atoms with E-state index in [-0.39, 0.29) is 17.7 Å². The molecule has 0 aromatic heterocycles. The third kappa shape index (κ3) is 5.60. The van der Waals surface area contributed by atoms with Gasteiger partial charge in [-0.1, -0.05) is 32.4 Å². The molecule has 8 heteroatoms. The Morgan fingerprint density at radius 1 is 1.06 bits per heavy atom. The van der Waals surface area contributed by atoms with E-state index in [2.05, 4.69) is 0 Å². The maximum absolute atomic E-state index is 13.7. The molecule has 1 aliphatic heterocycles. The number of esters is 1. The Labute approximate surface area is 199 Å². The molecule has 1 amide bonds. The molecule has 33 heavy (non-hydrogen) atoms. The summed E-state index contributed by atoms with van der Waals surface area (Å²) in [5, 5.41) is 0.504. The molecule has 0 fully saturated rings. The smallest absolute Gasteiger partial charge is 0.308 e. The zero-order chi connectivity index (χ0) is 24.3. The topological polar surface area (TPSA) is 74.3 Å². The van der Waals surface area contributed by atoms with Gasteiger partial charge < -0.3 is 23.8 Å². The van der Waals surface area contributed by atoms with Gasteiger partial charge in [-0.2, -0.15) is 0 Å². The van der Waals surface area contributed by atoms with Crippen molar-refractivity contribution in [3.05, 3.63) is 52.5 Å². The average molecular weight is 476 g/mol. The zero-order valence-corrected chi connectivity index (χ0v) is 20.6. The Morgan fingerprint density at radius 3 is 2.39 bits per heavy atom. The molecular formula is C25H30ClNO6. The molecule has 178 valence electrons. The van der Waals surface area contributed by atoms with Crippen LogP contribution in [0.2, 0.25) is 5.02 Å². The van der Waals surface area contributed by atoms with Gasteiger partial charge in [0.05, 0.1) is 27.8 Å². The third-order valence-corrected chi connectivity index (χ3v) is 5.58. The van der Waals surface area contributed by atoms with Crippen LogP contribution in [0, 0.1) is 5.41 Å². The number of amides is 1. The molecule has 0 N–H and O–H groups in total. The fourth-order valence-electron chi connectivity index (χ4n) is 3.85. The van der Waals surface area contributed by atoms with E-state index in [4.69, 9.17) is 30.5 Å². The number of fused-ring (bicyclic) bond motifs is 1. The number of carbonyl (C=O) groups is 2. The summed E-state index contributed by atoms with van der Waals surface area (Å²) in [7, 11) is 4.41. The Morgan fingerprint density at radius 2 is 1.79 bits per heavy atom. The molecule has 2 aromatic carbocycles. The first kappa shape index (κ1) is 24.9. The summed E-state index contributed by atoms with van der Waals surface area (Å²) >= 11 is 6.38. The lowest BCUT2D eigenvalue weighted by molar-refractivity contribution is -0.149. The number of anilines is 1. The maximum atomic E-state index is 13.7. The molecule has 3 rings (SSSR count). The number of ether oxygens (including phenoxy) is 4. The highest BCUT2D eigenvalue weighted by atomic mass is 35.5. The van der Waals surface area contributed by atoms with E-state index < -0.39 is 18.2 Å². The van der Waals surface area contributed by atoms with E-state index >= 15 is 0 Å². The van der Waals surface area contributed by atoms with E-state index in [9.17, 15) is 9.59 Å². The largest absolute Gasteiger partial charge is 0.497 e. The van der Waals surface area contributed by atoms with Crippen LogP contribution in [0.15, 0.2) is 36.4 Å². The van der Waals surface area contributed by atoms with Crippen LogP contribution in [0.4, 0.5) is 5.69 Å². The number of nitrogens with zero attached hydrogens (tertiary/aromatic N) is 1. The van der Waals surface area contributed by atoms with Gasteiger partial charge in [0.25, 0.3) is 5.91 Å². The second kappa shape index (κ2) is 10.0. The van der Waals surface area contributed by atoms with E-state index in [0.717, 1.165) is 0 Å². The molecular weight excluding hydrogens is 446 g/mol. The molecule has 0 saturated carbocycles. The normalized spacial score (nSPS) is 18.4.